The van der Waals surface area contributed by atoms with Gasteiger partial charge in [0.2, 0.25) is 0 Å². The maximum absolute atomic E-state index is 12.4. The third-order valence-electron chi connectivity index (χ3n) is 5.03. The molecule has 1 unspecified atom stereocenters. The maximum atomic E-state index is 12.4. The van der Waals surface area contributed by atoms with Crippen molar-refractivity contribution in [1.82, 2.24) is 14.7 Å². The fourth-order valence-corrected chi connectivity index (χ4v) is 3.28. The molecule has 0 aromatic rings. The summed E-state index contributed by atoms with van der Waals surface area (Å²) in [5.41, 5.74) is -0.745. The van der Waals surface area contributed by atoms with E-state index in [9.17, 15) is 14.7 Å². The van der Waals surface area contributed by atoms with Crippen LogP contribution in [0.3, 0.4) is 0 Å². The van der Waals surface area contributed by atoms with Crippen LogP contribution in [0.1, 0.15) is 32.6 Å². The van der Waals surface area contributed by atoms with Crippen LogP contribution in [0, 0.1) is 5.41 Å². The number of carbonyl (C=O) groups excluding carboxylic acids is 1. The molecule has 0 aliphatic carbocycles. The Balaban J connectivity index is 1.84. The molecule has 0 aromatic carbocycles. The molecule has 0 radical (unpaired) electrons. The minimum Gasteiger partial charge on any atom is -0.481 e. The molecule has 0 aromatic heterocycles. The average molecular weight is 297 g/mol. The summed E-state index contributed by atoms with van der Waals surface area (Å²) >= 11 is 0. The van der Waals surface area contributed by atoms with Crippen LogP contribution < -0.4 is 0 Å². The molecule has 6 heteroatoms. The van der Waals surface area contributed by atoms with E-state index in [-0.39, 0.29) is 6.03 Å². The van der Waals surface area contributed by atoms with E-state index in [0.29, 0.717) is 32.5 Å². The van der Waals surface area contributed by atoms with Crippen molar-refractivity contribution in [2.75, 3.05) is 46.3 Å². The predicted octanol–water partition coefficient (Wildman–Crippen LogP) is 1.32. The van der Waals surface area contributed by atoms with Crippen molar-refractivity contribution in [3.63, 3.8) is 0 Å². The van der Waals surface area contributed by atoms with Crippen molar-refractivity contribution in [2.45, 2.75) is 32.6 Å². The Morgan fingerprint density at radius 1 is 1.24 bits per heavy atom. The van der Waals surface area contributed by atoms with Crippen molar-refractivity contribution in [2.24, 2.45) is 5.41 Å². The highest BCUT2D eigenvalue weighted by Gasteiger charge is 2.45. The Hall–Kier alpha value is -1.30. The Kier molecular flexibility index (Phi) is 5.08. The highest BCUT2D eigenvalue weighted by atomic mass is 16.4. The number of likely N-dealkylation sites (tertiary alicyclic amines) is 2. The van der Waals surface area contributed by atoms with Crippen LogP contribution in [0.5, 0.6) is 0 Å². The van der Waals surface area contributed by atoms with E-state index < -0.39 is 11.4 Å². The van der Waals surface area contributed by atoms with Crippen molar-refractivity contribution >= 4 is 12.0 Å². The fraction of sp³-hybridized carbons (Fsp3) is 0.867. The molecular weight excluding hydrogens is 270 g/mol. The summed E-state index contributed by atoms with van der Waals surface area (Å²) in [7, 11) is 1.81. The summed E-state index contributed by atoms with van der Waals surface area (Å²) in [6, 6.07) is -0.0363. The second-order valence-electron chi connectivity index (χ2n) is 6.36. The van der Waals surface area contributed by atoms with Gasteiger partial charge in [-0.15, -0.1) is 0 Å². The number of rotatable bonds is 5. The summed E-state index contributed by atoms with van der Waals surface area (Å²) in [4.78, 5) is 29.7. The number of carbonyl (C=O) groups is 2. The highest BCUT2D eigenvalue weighted by Crippen LogP contribution is 2.34. The molecule has 120 valence electrons. The largest absolute Gasteiger partial charge is 0.481 e. The van der Waals surface area contributed by atoms with Gasteiger partial charge in [0.1, 0.15) is 0 Å². The Labute approximate surface area is 126 Å². The first kappa shape index (κ1) is 16.1. The first-order valence-corrected chi connectivity index (χ1v) is 7.94. The van der Waals surface area contributed by atoms with Gasteiger partial charge in [0.25, 0.3) is 0 Å². The predicted molar refractivity (Wildman–Crippen MR) is 80.2 cm³/mol. The van der Waals surface area contributed by atoms with Gasteiger partial charge in [-0.1, -0.05) is 6.92 Å². The third-order valence-corrected chi connectivity index (χ3v) is 5.03. The summed E-state index contributed by atoms with van der Waals surface area (Å²) in [5.74, 6) is -0.778. The number of likely N-dealkylation sites (N-methyl/N-ethyl adjacent to an activating group) is 1. The van der Waals surface area contributed by atoms with Crippen molar-refractivity contribution in [1.29, 1.82) is 0 Å². The maximum Gasteiger partial charge on any atom is 0.319 e. The molecule has 6 nitrogen and oxygen atoms in total. The van der Waals surface area contributed by atoms with Gasteiger partial charge in [0, 0.05) is 33.2 Å². The van der Waals surface area contributed by atoms with Crippen molar-refractivity contribution < 1.29 is 14.7 Å². The molecule has 1 atom stereocenters. The zero-order valence-electron chi connectivity index (χ0n) is 13.2. The number of hydrogen-bond acceptors (Lipinski definition) is 3. The van der Waals surface area contributed by atoms with Gasteiger partial charge in [-0.25, -0.2) is 4.79 Å². The van der Waals surface area contributed by atoms with Gasteiger partial charge in [0.05, 0.1) is 5.41 Å². The normalized spacial score (nSPS) is 26.3. The molecule has 0 bridgehead atoms. The van der Waals surface area contributed by atoms with Gasteiger partial charge in [-0.3, -0.25) is 4.79 Å². The van der Waals surface area contributed by atoms with E-state index in [1.165, 1.54) is 12.8 Å². The van der Waals surface area contributed by atoms with E-state index in [4.69, 9.17) is 0 Å². The standard InChI is InChI=1S/C15H27N3O3/c1-3-15(13(19)20)6-9-18(12-15)14(21)16(2)10-11-17-7-4-5-8-17/h3-12H2,1-2H3,(H,19,20). The Morgan fingerprint density at radius 2 is 1.90 bits per heavy atom. The van der Waals surface area contributed by atoms with E-state index in [0.717, 1.165) is 19.6 Å². The number of amides is 2. The second kappa shape index (κ2) is 6.64. The molecule has 2 fully saturated rings. The fourth-order valence-electron chi connectivity index (χ4n) is 3.28. The first-order chi connectivity index (χ1) is 9.98. The van der Waals surface area contributed by atoms with Gasteiger partial charge >= 0.3 is 12.0 Å². The van der Waals surface area contributed by atoms with Crippen LogP contribution in [0.2, 0.25) is 0 Å². The summed E-state index contributed by atoms with van der Waals surface area (Å²) in [6.45, 7) is 6.65. The highest BCUT2D eigenvalue weighted by molar-refractivity contribution is 5.79. The third kappa shape index (κ3) is 3.48. The molecule has 2 saturated heterocycles. The number of urea groups is 1. The van der Waals surface area contributed by atoms with Crippen LogP contribution >= 0.6 is 0 Å². The summed E-state index contributed by atoms with van der Waals surface area (Å²) < 4.78 is 0. The minimum absolute atomic E-state index is 0.0363. The van der Waals surface area contributed by atoms with Crippen LogP contribution in [0.15, 0.2) is 0 Å². The smallest absolute Gasteiger partial charge is 0.319 e. The molecule has 1 N–H and O–H groups in total. The van der Waals surface area contributed by atoms with E-state index >= 15 is 0 Å². The monoisotopic (exact) mass is 297 g/mol. The minimum atomic E-state index is -0.778. The molecule has 2 aliphatic heterocycles. The van der Waals surface area contributed by atoms with Crippen molar-refractivity contribution in [3.05, 3.63) is 0 Å². The van der Waals surface area contributed by atoms with Crippen molar-refractivity contribution in [3.8, 4) is 0 Å². The Bertz CT molecular complexity index is 396. The zero-order chi connectivity index (χ0) is 15.5. The number of hydrogen-bond donors (Lipinski definition) is 1. The molecular formula is C15H27N3O3. The number of carboxylic acid groups (broad SMARTS) is 1. The molecule has 21 heavy (non-hydrogen) atoms. The number of nitrogens with zero attached hydrogens (tertiary/aromatic N) is 3. The lowest BCUT2D eigenvalue weighted by Gasteiger charge is -2.28. The van der Waals surface area contributed by atoms with E-state index in [1.807, 2.05) is 14.0 Å². The number of carboxylic acids is 1. The van der Waals surface area contributed by atoms with Gasteiger partial charge in [-0.2, -0.15) is 0 Å². The second-order valence-corrected chi connectivity index (χ2v) is 6.36. The molecule has 2 heterocycles. The quantitative estimate of drug-likeness (QED) is 0.831. The lowest BCUT2D eigenvalue weighted by atomic mass is 9.84. The molecule has 2 rings (SSSR count). The SMILES string of the molecule is CCC1(C(=O)O)CCN(C(=O)N(C)CCN2CCCC2)C1. The van der Waals surface area contributed by atoms with Crippen LogP contribution in [0.25, 0.3) is 0 Å². The van der Waals surface area contributed by atoms with Gasteiger partial charge in [0.15, 0.2) is 0 Å². The lowest BCUT2D eigenvalue weighted by molar-refractivity contribution is -0.148. The average Bonchev–Trinajstić information content (AvgIpc) is 3.13. The molecule has 2 aliphatic rings. The molecule has 2 amide bonds. The van der Waals surface area contributed by atoms with Crippen LogP contribution in [-0.4, -0.2) is 78.1 Å². The Morgan fingerprint density at radius 3 is 2.43 bits per heavy atom. The van der Waals surface area contributed by atoms with Crippen LogP contribution in [0.4, 0.5) is 4.79 Å². The summed E-state index contributed by atoms with van der Waals surface area (Å²) in [5, 5.41) is 9.39. The number of aliphatic carboxylic acids is 1. The topological polar surface area (TPSA) is 64.1 Å². The lowest BCUT2D eigenvalue weighted by Crippen LogP contribution is -2.44. The zero-order valence-corrected chi connectivity index (χ0v) is 13.2. The van der Waals surface area contributed by atoms with Gasteiger partial charge < -0.3 is 19.8 Å². The van der Waals surface area contributed by atoms with Gasteiger partial charge in [-0.05, 0) is 38.8 Å². The van der Waals surface area contributed by atoms with E-state index in [1.54, 1.807) is 9.80 Å². The van der Waals surface area contributed by atoms with Crippen LogP contribution in [-0.2, 0) is 4.79 Å². The molecule has 0 saturated carbocycles. The first-order valence-electron chi connectivity index (χ1n) is 7.94. The summed E-state index contributed by atoms with van der Waals surface area (Å²) in [6.07, 6.45) is 3.64. The van der Waals surface area contributed by atoms with E-state index in [2.05, 4.69) is 4.90 Å². The molecule has 0 spiro atoms.